The molecule has 19 heavy (non-hydrogen) atoms. The maximum Gasteiger partial charge on any atom is 0.377 e. The van der Waals surface area contributed by atoms with E-state index in [1.54, 1.807) is 0 Å². The summed E-state index contributed by atoms with van der Waals surface area (Å²) in [7, 11) is 1.21. The van der Waals surface area contributed by atoms with Crippen LogP contribution in [0.4, 0.5) is 5.69 Å². The number of pyridine rings is 1. The monoisotopic (exact) mass is 327 g/mol. The number of hydrogen-bond acceptors (Lipinski definition) is 7. The summed E-state index contributed by atoms with van der Waals surface area (Å²) in [6.07, 6.45) is 2.34. The van der Waals surface area contributed by atoms with Crippen molar-refractivity contribution in [3.05, 3.63) is 39.0 Å². The Morgan fingerprint density at radius 3 is 2.84 bits per heavy atom. The average molecular weight is 328 g/mol. The highest BCUT2D eigenvalue weighted by Crippen LogP contribution is 2.22. The van der Waals surface area contributed by atoms with Crippen LogP contribution in [-0.2, 0) is 4.74 Å². The van der Waals surface area contributed by atoms with Crippen LogP contribution in [0.2, 0.25) is 0 Å². The fourth-order valence-electron chi connectivity index (χ4n) is 1.24. The predicted octanol–water partition coefficient (Wildman–Crippen LogP) is 1.12. The second kappa shape index (κ2) is 5.10. The normalized spacial score (nSPS) is 10.2. The molecule has 0 spiro atoms. The Balaban J connectivity index is 2.39. The molecule has 0 saturated heterocycles. The van der Waals surface area contributed by atoms with E-state index in [2.05, 4.69) is 35.7 Å². The number of carbonyl (C=O) groups excluding carboxylic acids is 1. The van der Waals surface area contributed by atoms with Crippen LogP contribution in [0.5, 0.6) is 0 Å². The summed E-state index contributed by atoms with van der Waals surface area (Å²) in [5.41, 5.74) is -0.163. The third-order valence-electron chi connectivity index (χ3n) is 2.09. The summed E-state index contributed by atoms with van der Waals surface area (Å²) in [5.74, 6) is -0.542. The van der Waals surface area contributed by atoms with Crippen LogP contribution >= 0.6 is 15.9 Å². The Labute approximate surface area is 114 Å². The average Bonchev–Trinajstić information content (AvgIpc) is 2.87. The van der Waals surface area contributed by atoms with E-state index in [0.29, 0.717) is 4.47 Å². The Morgan fingerprint density at radius 1 is 1.53 bits per heavy atom. The lowest BCUT2D eigenvalue weighted by Crippen LogP contribution is -2.06. The van der Waals surface area contributed by atoms with Gasteiger partial charge in [-0.25, -0.2) is 19.4 Å². The molecule has 0 atom stereocenters. The molecule has 0 radical (unpaired) electrons. The van der Waals surface area contributed by atoms with Gasteiger partial charge < -0.3 is 4.74 Å². The standard InChI is InChI=1S/C9H6BrN5O4/c1-19-9(16)7-12-4-14(13-7)8-6(10)2-5(3-11-8)15(17)18/h2-4H,1H3. The maximum absolute atomic E-state index is 11.2. The summed E-state index contributed by atoms with van der Waals surface area (Å²) in [4.78, 5) is 28.9. The van der Waals surface area contributed by atoms with E-state index in [1.165, 1.54) is 24.2 Å². The topological polar surface area (TPSA) is 113 Å². The number of aromatic nitrogens is 4. The van der Waals surface area contributed by atoms with Crippen molar-refractivity contribution in [2.45, 2.75) is 0 Å². The minimum absolute atomic E-state index is 0.130. The van der Waals surface area contributed by atoms with Crippen molar-refractivity contribution in [2.24, 2.45) is 0 Å². The van der Waals surface area contributed by atoms with Crippen molar-refractivity contribution in [3.8, 4) is 5.82 Å². The van der Waals surface area contributed by atoms with Crippen LogP contribution < -0.4 is 0 Å². The lowest BCUT2D eigenvalue weighted by Gasteiger charge is -2.01. The van der Waals surface area contributed by atoms with Gasteiger partial charge in [0.05, 0.1) is 16.5 Å². The van der Waals surface area contributed by atoms with Gasteiger partial charge in [-0.1, -0.05) is 0 Å². The quantitative estimate of drug-likeness (QED) is 0.471. The first kappa shape index (κ1) is 13.1. The van der Waals surface area contributed by atoms with Crippen LogP contribution in [0.1, 0.15) is 10.6 Å². The fourth-order valence-corrected chi connectivity index (χ4v) is 1.76. The second-order valence-corrected chi connectivity index (χ2v) is 4.11. The third kappa shape index (κ3) is 2.57. The molecule has 2 heterocycles. The zero-order valence-corrected chi connectivity index (χ0v) is 11.1. The van der Waals surface area contributed by atoms with Gasteiger partial charge in [-0.2, -0.15) is 0 Å². The first-order valence-electron chi connectivity index (χ1n) is 4.83. The molecule has 0 bridgehead atoms. The number of halogens is 1. The first-order valence-corrected chi connectivity index (χ1v) is 5.62. The van der Waals surface area contributed by atoms with E-state index < -0.39 is 10.9 Å². The zero-order chi connectivity index (χ0) is 14.0. The number of hydrogen-bond donors (Lipinski definition) is 0. The second-order valence-electron chi connectivity index (χ2n) is 3.26. The largest absolute Gasteiger partial charge is 0.463 e. The molecule has 0 aliphatic heterocycles. The first-order chi connectivity index (χ1) is 9.02. The Morgan fingerprint density at radius 2 is 2.26 bits per heavy atom. The van der Waals surface area contributed by atoms with Crippen molar-refractivity contribution < 1.29 is 14.5 Å². The van der Waals surface area contributed by atoms with Gasteiger partial charge in [-0.05, 0) is 15.9 Å². The lowest BCUT2D eigenvalue weighted by molar-refractivity contribution is -0.385. The molecular formula is C9H6BrN5O4. The van der Waals surface area contributed by atoms with Crippen molar-refractivity contribution in [1.82, 2.24) is 19.7 Å². The summed E-state index contributed by atoms with van der Waals surface area (Å²) in [5, 5.41) is 14.4. The molecule has 0 unspecified atom stereocenters. The molecule has 0 amide bonds. The number of carbonyl (C=O) groups is 1. The molecule has 0 aromatic carbocycles. The summed E-state index contributed by atoms with van der Waals surface area (Å²) in [6.45, 7) is 0. The Kier molecular flexibility index (Phi) is 3.51. The van der Waals surface area contributed by atoms with Gasteiger partial charge >= 0.3 is 5.97 Å². The van der Waals surface area contributed by atoms with Crippen molar-refractivity contribution in [3.63, 3.8) is 0 Å². The van der Waals surface area contributed by atoms with E-state index in [1.807, 2.05) is 0 Å². The molecular weight excluding hydrogens is 322 g/mol. The molecule has 0 fully saturated rings. The third-order valence-corrected chi connectivity index (χ3v) is 2.68. The minimum Gasteiger partial charge on any atom is -0.463 e. The minimum atomic E-state index is -0.684. The fraction of sp³-hybridized carbons (Fsp3) is 0.111. The molecule has 9 nitrogen and oxygen atoms in total. The SMILES string of the molecule is COC(=O)c1ncn(-c2ncc([N+](=O)[O-])cc2Br)n1. The van der Waals surface area contributed by atoms with E-state index >= 15 is 0 Å². The molecule has 2 rings (SSSR count). The molecule has 0 N–H and O–H groups in total. The van der Waals surface area contributed by atoms with Crippen molar-refractivity contribution in [1.29, 1.82) is 0 Å². The van der Waals surface area contributed by atoms with Crippen molar-refractivity contribution in [2.75, 3.05) is 7.11 Å². The number of methoxy groups -OCH3 is 1. The number of rotatable bonds is 3. The van der Waals surface area contributed by atoms with E-state index in [-0.39, 0.29) is 17.3 Å². The molecule has 0 aliphatic carbocycles. The smallest absolute Gasteiger partial charge is 0.377 e. The Hall–Kier alpha value is -2.36. The number of esters is 1. The van der Waals surface area contributed by atoms with Crippen molar-refractivity contribution >= 4 is 27.6 Å². The van der Waals surface area contributed by atoms with Gasteiger partial charge in [0.25, 0.3) is 11.5 Å². The van der Waals surface area contributed by atoms with E-state index in [9.17, 15) is 14.9 Å². The maximum atomic E-state index is 11.2. The molecule has 0 aliphatic rings. The van der Waals surface area contributed by atoms with Gasteiger partial charge in [-0.15, -0.1) is 5.10 Å². The number of nitro groups is 1. The Bertz CT molecular complexity index is 656. The summed E-state index contributed by atoms with van der Waals surface area (Å²) >= 11 is 3.14. The molecule has 10 heteroatoms. The highest BCUT2D eigenvalue weighted by atomic mass is 79.9. The highest BCUT2D eigenvalue weighted by molar-refractivity contribution is 9.10. The van der Waals surface area contributed by atoms with Gasteiger partial charge in [0, 0.05) is 6.07 Å². The molecule has 98 valence electrons. The van der Waals surface area contributed by atoms with Gasteiger partial charge in [0.15, 0.2) is 5.82 Å². The number of ether oxygens (including phenoxy) is 1. The zero-order valence-electron chi connectivity index (χ0n) is 9.48. The lowest BCUT2D eigenvalue weighted by atomic mass is 10.4. The van der Waals surface area contributed by atoms with E-state index in [0.717, 1.165) is 6.20 Å². The van der Waals surface area contributed by atoms with Crippen LogP contribution in [0.25, 0.3) is 5.82 Å². The van der Waals surface area contributed by atoms with Gasteiger partial charge in [0.1, 0.15) is 12.5 Å². The van der Waals surface area contributed by atoms with Crippen LogP contribution in [0.15, 0.2) is 23.1 Å². The van der Waals surface area contributed by atoms with Gasteiger partial charge in [-0.3, -0.25) is 10.1 Å². The van der Waals surface area contributed by atoms with Crippen LogP contribution in [0.3, 0.4) is 0 Å². The molecule has 2 aromatic rings. The molecule has 2 aromatic heterocycles. The van der Waals surface area contributed by atoms with Crippen LogP contribution in [0, 0.1) is 10.1 Å². The highest BCUT2D eigenvalue weighted by Gasteiger charge is 2.16. The van der Waals surface area contributed by atoms with E-state index in [4.69, 9.17) is 0 Å². The predicted molar refractivity (Wildman–Crippen MR) is 64.8 cm³/mol. The van der Waals surface area contributed by atoms with Gasteiger partial charge in [0.2, 0.25) is 0 Å². The number of nitrogens with zero attached hydrogens (tertiary/aromatic N) is 5. The molecule has 0 saturated carbocycles. The van der Waals surface area contributed by atoms with Crippen LogP contribution in [-0.4, -0.2) is 37.8 Å². The summed E-state index contributed by atoms with van der Waals surface area (Å²) < 4.78 is 6.03. The summed E-state index contributed by atoms with van der Waals surface area (Å²) in [6, 6.07) is 1.28.